The maximum atomic E-state index is 12.8. The molecule has 6 nitrogen and oxygen atoms in total. The average Bonchev–Trinajstić information content (AvgIpc) is 3.26. The second-order valence-electron chi connectivity index (χ2n) is 16.4. The summed E-state index contributed by atoms with van der Waals surface area (Å²) in [5.41, 5.74) is 0. The molecule has 0 saturated heterocycles. The molecule has 0 rings (SSSR count). The molecule has 0 radical (unpaired) electrons. The number of hydrogen-bond acceptors (Lipinski definition) is 6. The normalized spacial score (nSPS) is 12.8. The minimum absolute atomic E-state index is 0.0975. The minimum atomic E-state index is -0.799. The number of allylic oxidation sites excluding steroid dienone is 14. The topological polar surface area (TPSA) is 78.9 Å². The van der Waals surface area contributed by atoms with Crippen LogP contribution in [0.4, 0.5) is 0 Å². The SMILES string of the molecule is CC\C=C/C=C\C=C/CCCCCCCC(=O)OCC(COC(=O)CCCCCCC/C=C\CCCCCCCCC)OC(=O)CCCCCC/C=C\C/C=C\C/C=C\CC. The van der Waals surface area contributed by atoms with Gasteiger partial charge in [0.15, 0.2) is 6.10 Å². The van der Waals surface area contributed by atoms with Gasteiger partial charge in [0.1, 0.15) is 13.2 Å². The third kappa shape index (κ3) is 47.5. The Morgan fingerprint density at radius 2 is 0.721 bits per heavy atom. The molecule has 0 bridgehead atoms. The van der Waals surface area contributed by atoms with E-state index in [0.717, 1.165) is 122 Å². The van der Waals surface area contributed by atoms with E-state index >= 15 is 0 Å². The van der Waals surface area contributed by atoms with Crippen molar-refractivity contribution in [1.82, 2.24) is 0 Å². The standard InChI is InChI=1S/C55H92O6/c1-4-7-10-13-16-19-22-25-27-28-31-33-36-39-42-45-48-54(57)60-51-52(50-59-53(56)47-44-41-38-35-32-29-24-21-18-15-12-9-6-3)61-55(58)49-46-43-40-37-34-30-26-23-20-17-14-11-8-5-2/h8-9,11-12,15,17-18,20-21,24,26-28,30,52H,4-7,10,13-14,16,19,22-23,25,29,31-51H2,1-3H3/b11-8-,12-9-,18-15-,20-17-,24-21-,28-27-,30-26-. The second-order valence-corrected chi connectivity index (χ2v) is 16.4. The Balaban J connectivity index is 4.46. The Hall–Kier alpha value is -3.41. The summed E-state index contributed by atoms with van der Waals surface area (Å²) >= 11 is 0. The van der Waals surface area contributed by atoms with Crippen molar-refractivity contribution in [2.24, 2.45) is 0 Å². The molecule has 0 aromatic rings. The fraction of sp³-hybridized carbons (Fsp3) is 0.691. The summed E-state index contributed by atoms with van der Waals surface area (Å²) in [5.74, 6) is -0.951. The van der Waals surface area contributed by atoms with Crippen LogP contribution < -0.4 is 0 Å². The van der Waals surface area contributed by atoms with Crippen LogP contribution in [0, 0.1) is 0 Å². The van der Waals surface area contributed by atoms with Crippen molar-refractivity contribution in [3.05, 3.63) is 85.1 Å². The molecule has 0 saturated carbocycles. The highest BCUT2D eigenvalue weighted by molar-refractivity contribution is 5.71. The van der Waals surface area contributed by atoms with Gasteiger partial charge >= 0.3 is 17.9 Å². The van der Waals surface area contributed by atoms with Gasteiger partial charge in [0.05, 0.1) is 0 Å². The number of carbonyl (C=O) groups excluding carboxylic acids is 3. The molecule has 0 fully saturated rings. The molecule has 0 aromatic carbocycles. The highest BCUT2D eigenvalue weighted by atomic mass is 16.6. The maximum absolute atomic E-state index is 12.8. The molecule has 0 N–H and O–H groups in total. The smallest absolute Gasteiger partial charge is 0.306 e. The van der Waals surface area contributed by atoms with E-state index < -0.39 is 6.10 Å². The predicted octanol–water partition coefficient (Wildman–Crippen LogP) is 16.4. The van der Waals surface area contributed by atoms with Gasteiger partial charge in [-0.1, -0.05) is 196 Å². The molecular formula is C55H92O6. The number of esters is 3. The first-order chi connectivity index (χ1) is 30.0. The van der Waals surface area contributed by atoms with Crippen LogP contribution in [0.2, 0.25) is 0 Å². The predicted molar refractivity (Wildman–Crippen MR) is 261 cm³/mol. The summed E-state index contributed by atoms with van der Waals surface area (Å²) in [5, 5.41) is 0. The van der Waals surface area contributed by atoms with Crippen LogP contribution in [0.1, 0.15) is 226 Å². The van der Waals surface area contributed by atoms with Crippen molar-refractivity contribution in [3.63, 3.8) is 0 Å². The van der Waals surface area contributed by atoms with Crippen LogP contribution in [-0.2, 0) is 28.6 Å². The molecule has 0 aromatic heterocycles. The van der Waals surface area contributed by atoms with Gasteiger partial charge in [0, 0.05) is 19.3 Å². The molecule has 0 spiro atoms. The van der Waals surface area contributed by atoms with Crippen LogP contribution in [0.5, 0.6) is 0 Å². The highest BCUT2D eigenvalue weighted by Gasteiger charge is 2.19. The second kappa shape index (κ2) is 49.2. The van der Waals surface area contributed by atoms with Gasteiger partial charge in [0.25, 0.3) is 0 Å². The van der Waals surface area contributed by atoms with E-state index in [0.29, 0.717) is 19.3 Å². The number of ether oxygens (including phenoxy) is 3. The summed E-state index contributed by atoms with van der Waals surface area (Å²) in [6.45, 7) is 6.34. The molecule has 0 aliphatic rings. The van der Waals surface area contributed by atoms with Crippen LogP contribution >= 0.6 is 0 Å². The van der Waals surface area contributed by atoms with Gasteiger partial charge in [-0.2, -0.15) is 0 Å². The zero-order valence-electron chi connectivity index (χ0n) is 39.7. The molecule has 0 heterocycles. The van der Waals surface area contributed by atoms with Crippen LogP contribution in [0.15, 0.2) is 85.1 Å². The zero-order chi connectivity index (χ0) is 44.4. The molecule has 0 amide bonds. The molecule has 1 atom stereocenters. The Kier molecular flexibility index (Phi) is 46.5. The number of unbranched alkanes of at least 4 members (excludes halogenated alkanes) is 21. The first-order valence-corrected chi connectivity index (χ1v) is 25.1. The third-order valence-corrected chi connectivity index (χ3v) is 10.4. The monoisotopic (exact) mass is 849 g/mol. The van der Waals surface area contributed by atoms with Crippen LogP contribution in [0.25, 0.3) is 0 Å². The lowest BCUT2D eigenvalue weighted by Gasteiger charge is -2.18. The summed E-state index contributed by atoms with van der Waals surface area (Å²) in [7, 11) is 0. The minimum Gasteiger partial charge on any atom is -0.462 e. The summed E-state index contributed by atoms with van der Waals surface area (Å²) in [6, 6.07) is 0. The van der Waals surface area contributed by atoms with E-state index in [1.165, 1.54) is 64.2 Å². The molecule has 0 aliphatic heterocycles. The van der Waals surface area contributed by atoms with Crippen molar-refractivity contribution < 1.29 is 28.6 Å². The zero-order valence-corrected chi connectivity index (χ0v) is 39.7. The van der Waals surface area contributed by atoms with Crippen molar-refractivity contribution in [3.8, 4) is 0 Å². The fourth-order valence-corrected chi connectivity index (χ4v) is 6.69. The lowest BCUT2D eigenvalue weighted by Crippen LogP contribution is -2.30. The lowest BCUT2D eigenvalue weighted by atomic mass is 10.1. The third-order valence-electron chi connectivity index (χ3n) is 10.4. The summed E-state index contributed by atoms with van der Waals surface area (Å²) in [6.07, 6.45) is 62.8. The number of carbonyl (C=O) groups is 3. The fourth-order valence-electron chi connectivity index (χ4n) is 6.69. The average molecular weight is 849 g/mol. The Morgan fingerprint density at radius 3 is 1.20 bits per heavy atom. The van der Waals surface area contributed by atoms with E-state index in [-0.39, 0.29) is 31.1 Å². The van der Waals surface area contributed by atoms with Crippen LogP contribution in [-0.4, -0.2) is 37.2 Å². The van der Waals surface area contributed by atoms with Crippen molar-refractivity contribution in [2.75, 3.05) is 13.2 Å². The van der Waals surface area contributed by atoms with Gasteiger partial charge in [-0.3, -0.25) is 14.4 Å². The largest absolute Gasteiger partial charge is 0.462 e. The lowest BCUT2D eigenvalue weighted by molar-refractivity contribution is -0.167. The Labute approximate surface area is 375 Å². The van der Waals surface area contributed by atoms with Gasteiger partial charge < -0.3 is 14.2 Å². The Morgan fingerprint density at radius 1 is 0.361 bits per heavy atom. The van der Waals surface area contributed by atoms with Gasteiger partial charge in [-0.05, 0) is 96.3 Å². The summed E-state index contributed by atoms with van der Waals surface area (Å²) in [4.78, 5) is 37.9. The molecule has 0 aliphatic carbocycles. The number of hydrogen-bond donors (Lipinski definition) is 0. The Bertz CT molecular complexity index is 1200. The van der Waals surface area contributed by atoms with Gasteiger partial charge in [0.2, 0.25) is 0 Å². The highest BCUT2D eigenvalue weighted by Crippen LogP contribution is 2.13. The van der Waals surface area contributed by atoms with E-state index in [9.17, 15) is 14.4 Å². The molecule has 1 unspecified atom stereocenters. The molecular weight excluding hydrogens is 757 g/mol. The first kappa shape index (κ1) is 57.6. The van der Waals surface area contributed by atoms with E-state index in [4.69, 9.17) is 14.2 Å². The first-order valence-electron chi connectivity index (χ1n) is 25.1. The van der Waals surface area contributed by atoms with Crippen molar-refractivity contribution in [2.45, 2.75) is 232 Å². The van der Waals surface area contributed by atoms with Crippen molar-refractivity contribution >= 4 is 17.9 Å². The van der Waals surface area contributed by atoms with Crippen LogP contribution in [0.3, 0.4) is 0 Å². The molecule has 6 heteroatoms. The van der Waals surface area contributed by atoms with E-state index in [1.807, 2.05) is 0 Å². The molecule has 61 heavy (non-hydrogen) atoms. The van der Waals surface area contributed by atoms with Gasteiger partial charge in [-0.25, -0.2) is 0 Å². The van der Waals surface area contributed by atoms with E-state index in [2.05, 4.69) is 106 Å². The van der Waals surface area contributed by atoms with Gasteiger partial charge in [-0.15, -0.1) is 0 Å². The molecule has 348 valence electrons. The number of rotatable bonds is 44. The summed E-state index contributed by atoms with van der Waals surface area (Å²) < 4.78 is 16.7. The van der Waals surface area contributed by atoms with E-state index in [1.54, 1.807) is 0 Å². The maximum Gasteiger partial charge on any atom is 0.306 e. The quantitative estimate of drug-likeness (QED) is 0.0200. The van der Waals surface area contributed by atoms with Crippen molar-refractivity contribution in [1.29, 1.82) is 0 Å².